The Morgan fingerprint density at radius 3 is 2.50 bits per heavy atom. The number of piperidine rings is 1. The SMILES string of the molecule is CCCCN(C)C(=O)c1ccc(Nc2ccc(N3CCC(C)CC3)cc2)nc1. The molecule has 1 fully saturated rings. The second-order valence-electron chi connectivity index (χ2n) is 7.85. The molecule has 1 aliphatic rings. The van der Waals surface area contributed by atoms with Crippen molar-refractivity contribution in [2.75, 3.05) is 36.9 Å². The molecule has 5 heteroatoms. The van der Waals surface area contributed by atoms with Gasteiger partial charge in [0.2, 0.25) is 0 Å². The summed E-state index contributed by atoms with van der Waals surface area (Å²) in [4.78, 5) is 21.0. The maximum Gasteiger partial charge on any atom is 0.255 e. The van der Waals surface area contributed by atoms with Crippen molar-refractivity contribution in [3.05, 3.63) is 48.2 Å². The number of nitrogens with zero attached hydrogens (tertiary/aromatic N) is 3. The highest BCUT2D eigenvalue weighted by Crippen LogP contribution is 2.25. The first-order valence-electron chi connectivity index (χ1n) is 10.4. The maximum atomic E-state index is 12.4. The fraction of sp³-hybridized carbons (Fsp3) is 0.478. The number of aromatic nitrogens is 1. The summed E-state index contributed by atoms with van der Waals surface area (Å²) < 4.78 is 0. The van der Waals surface area contributed by atoms with Gasteiger partial charge in [-0.05, 0) is 61.6 Å². The standard InChI is InChI=1S/C23H32N4O/c1-4-5-14-26(3)23(28)19-6-11-22(24-17-19)25-20-7-9-21(10-8-20)27-15-12-18(2)13-16-27/h6-11,17-18H,4-5,12-16H2,1-3H3,(H,24,25). The number of pyridine rings is 1. The number of hydrogen-bond donors (Lipinski definition) is 1. The molecule has 2 heterocycles. The molecule has 2 aromatic rings. The van der Waals surface area contributed by atoms with Gasteiger partial charge in [-0.15, -0.1) is 0 Å². The number of hydrogen-bond acceptors (Lipinski definition) is 4. The summed E-state index contributed by atoms with van der Waals surface area (Å²) in [6.07, 6.45) is 6.28. The number of unbranched alkanes of at least 4 members (excludes halogenated alkanes) is 1. The van der Waals surface area contributed by atoms with Gasteiger partial charge in [-0.25, -0.2) is 4.98 Å². The van der Waals surface area contributed by atoms with Crippen molar-refractivity contribution in [3.63, 3.8) is 0 Å². The molecule has 1 aromatic carbocycles. The van der Waals surface area contributed by atoms with Crippen LogP contribution in [0.15, 0.2) is 42.6 Å². The molecule has 0 unspecified atom stereocenters. The molecule has 1 aromatic heterocycles. The highest BCUT2D eigenvalue weighted by Gasteiger charge is 2.16. The van der Waals surface area contributed by atoms with Gasteiger partial charge in [0.25, 0.3) is 5.91 Å². The molecule has 0 saturated carbocycles. The van der Waals surface area contributed by atoms with Crippen molar-refractivity contribution in [2.45, 2.75) is 39.5 Å². The minimum absolute atomic E-state index is 0.0210. The highest BCUT2D eigenvalue weighted by molar-refractivity contribution is 5.94. The van der Waals surface area contributed by atoms with E-state index in [2.05, 4.69) is 53.3 Å². The second-order valence-corrected chi connectivity index (χ2v) is 7.85. The Kier molecular flexibility index (Phi) is 6.90. The lowest BCUT2D eigenvalue weighted by atomic mass is 9.99. The van der Waals surface area contributed by atoms with Crippen molar-refractivity contribution in [2.24, 2.45) is 5.92 Å². The molecule has 28 heavy (non-hydrogen) atoms. The molecule has 150 valence electrons. The van der Waals surface area contributed by atoms with Crippen LogP contribution in [0.5, 0.6) is 0 Å². The molecule has 0 radical (unpaired) electrons. The summed E-state index contributed by atoms with van der Waals surface area (Å²) >= 11 is 0. The molecular weight excluding hydrogens is 348 g/mol. The molecule has 0 atom stereocenters. The van der Waals surface area contributed by atoms with Gasteiger partial charge < -0.3 is 15.1 Å². The molecular formula is C23H32N4O. The van der Waals surface area contributed by atoms with E-state index < -0.39 is 0 Å². The molecule has 0 aliphatic carbocycles. The van der Waals surface area contributed by atoms with Gasteiger partial charge in [-0.3, -0.25) is 4.79 Å². The zero-order valence-corrected chi connectivity index (χ0v) is 17.3. The summed E-state index contributed by atoms with van der Waals surface area (Å²) in [6, 6.07) is 12.2. The van der Waals surface area contributed by atoms with Crippen molar-refractivity contribution < 1.29 is 4.79 Å². The van der Waals surface area contributed by atoms with Crippen LogP contribution < -0.4 is 10.2 Å². The van der Waals surface area contributed by atoms with Gasteiger partial charge in [0.05, 0.1) is 5.56 Å². The third-order valence-corrected chi connectivity index (χ3v) is 5.49. The van der Waals surface area contributed by atoms with E-state index in [1.807, 2.05) is 19.2 Å². The molecule has 0 spiro atoms. The van der Waals surface area contributed by atoms with Gasteiger partial charge in [-0.1, -0.05) is 20.3 Å². The minimum atomic E-state index is 0.0210. The van der Waals surface area contributed by atoms with Gasteiger partial charge >= 0.3 is 0 Å². The Labute approximate surface area is 168 Å². The normalized spacial score (nSPS) is 14.8. The second kappa shape index (κ2) is 9.58. The number of anilines is 3. The Morgan fingerprint density at radius 2 is 1.89 bits per heavy atom. The van der Waals surface area contributed by atoms with Crippen LogP contribution in [0, 0.1) is 5.92 Å². The first-order chi connectivity index (χ1) is 13.6. The summed E-state index contributed by atoms with van der Waals surface area (Å²) in [6.45, 7) is 7.51. The quantitative estimate of drug-likeness (QED) is 0.740. The van der Waals surface area contributed by atoms with Crippen molar-refractivity contribution in [1.29, 1.82) is 0 Å². The first kappa shape index (κ1) is 20.2. The lowest BCUT2D eigenvalue weighted by Crippen LogP contribution is -2.32. The zero-order valence-electron chi connectivity index (χ0n) is 17.3. The molecule has 1 aliphatic heterocycles. The van der Waals surface area contributed by atoms with Gasteiger partial charge in [0.1, 0.15) is 5.82 Å². The van der Waals surface area contributed by atoms with Crippen LogP contribution in [-0.2, 0) is 0 Å². The number of amides is 1. The van der Waals surface area contributed by atoms with E-state index in [0.717, 1.165) is 49.9 Å². The van der Waals surface area contributed by atoms with Crippen molar-refractivity contribution in [3.8, 4) is 0 Å². The molecule has 5 nitrogen and oxygen atoms in total. The fourth-order valence-corrected chi connectivity index (χ4v) is 3.48. The predicted molar refractivity (Wildman–Crippen MR) is 116 cm³/mol. The van der Waals surface area contributed by atoms with E-state index in [1.165, 1.54) is 18.5 Å². The average Bonchev–Trinajstić information content (AvgIpc) is 2.73. The zero-order chi connectivity index (χ0) is 19.9. The van der Waals surface area contributed by atoms with E-state index in [-0.39, 0.29) is 5.91 Å². The number of carbonyl (C=O) groups excluding carboxylic acids is 1. The molecule has 1 saturated heterocycles. The molecule has 3 rings (SSSR count). The Hall–Kier alpha value is -2.56. The Morgan fingerprint density at radius 1 is 1.18 bits per heavy atom. The van der Waals surface area contributed by atoms with Crippen LogP contribution in [0.2, 0.25) is 0 Å². The monoisotopic (exact) mass is 380 g/mol. The topological polar surface area (TPSA) is 48.5 Å². The maximum absolute atomic E-state index is 12.4. The molecule has 0 bridgehead atoms. The van der Waals surface area contributed by atoms with Gasteiger partial charge in [-0.2, -0.15) is 0 Å². The summed E-state index contributed by atoms with van der Waals surface area (Å²) in [5.74, 6) is 1.60. The van der Waals surface area contributed by atoms with Crippen molar-refractivity contribution in [1.82, 2.24) is 9.88 Å². The van der Waals surface area contributed by atoms with Crippen LogP contribution >= 0.6 is 0 Å². The molecule has 1 N–H and O–H groups in total. The van der Waals surface area contributed by atoms with E-state index >= 15 is 0 Å². The van der Waals surface area contributed by atoms with Gasteiger partial charge in [0.15, 0.2) is 0 Å². The number of carbonyl (C=O) groups is 1. The van der Waals surface area contributed by atoms with Crippen LogP contribution in [-0.4, -0.2) is 42.5 Å². The lowest BCUT2D eigenvalue weighted by molar-refractivity contribution is 0.0793. The number of rotatable bonds is 7. The van der Waals surface area contributed by atoms with Crippen LogP contribution in [0.25, 0.3) is 0 Å². The van der Waals surface area contributed by atoms with Crippen LogP contribution in [0.1, 0.15) is 49.9 Å². The average molecular weight is 381 g/mol. The summed E-state index contributed by atoms with van der Waals surface area (Å²) in [5.41, 5.74) is 2.90. The molecule has 1 amide bonds. The number of benzene rings is 1. The first-order valence-corrected chi connectivity index (χ1v) is 10.4. The van der Waals surface area contributed by atoms with E-state index in [9.17, 15) is 4.79 Å². The lowest BCUT2D eigenvalue weighted by Gasteiger charge is -2.32. The van der Waals surface area contributed by atoms with Crippen molar-refractivity contribution >= 4 is 23.1 Å². The third kappa shape index (κ3) is 5.24. The highest BCUT2D eigenvalue weighted by atomic mass is 16.2. The van der Waals surface area contributed by atoms with E-state index in [1.54, 1.807) is 11.1 Å². The fourth-order valence-electron chi connectivity index (χ4n) is 3.48. The largest absolute Gasteiger partial charge is 0.372 e. The van der Waals surface area contributed by atoms with E-state index in [0.29, 0.717) is 5.56 Å². The Balaban J connectivity index is 1.57. The van der Waals surface area contributed by atoms with E-state index in [4.69, 9.17) is 0 Å². The smallest absolute Gasteiger partial charge is 0.255 e. The Bertz CT molecular complexity index is 749. The predicted octanol–water partition coefficient (Wildman–Crippen LogP) is 4.93. The van der Waals surface area contributed by atoms with Crippen LogP contribution in [0.4, 0.5) is 17.2 Å². The van der Waals surface area contributed by atoms with Gasteiger partial charge in [0, 0.05) is 44.3 Å². The third-order valence-electron chi connectivity index (χ3n) is 5.49. The van der Waals surface area contributed by atoms with Crippen LogP contribution in [0.3, 0.4) is 0 Å². The summed E-state index contributed by atoms with van der Waals surface area (Å²) in [5, 5.41) is 3.32. The minimum Gasteiger partial charge on any atom is -0.372 e. The summed E-state index contributed by atoms with van der Waals surface area (Å²) in [7, 11) is 1.84. The number of nitrogens with one attached hydrogen (secondary N) is 1.